The maximum atomic E-state index is 12.3. The number of sulfonamides is 1. The summed E-state index contributed by atoms with van der Waals surface area (Å²) in [7, 11) is -3.18. The molecule has 1 rings (SSSR count). The summed E-state index contributed by atoms with van der Waals surface area (Å²) in [5.74, 6) is 2.54. The van der Waals surface area contributed by atoms with Crippen LogP contribution in [-0.4, -0.2) is 81.9 Å². The van der Waals surface area contributed by atoms with Gasteiger partial charge in [0.05, 0.1) is 5.75 Å². The van der Waals surface area contributed by atoms with Crippen LogP contribution < -0.4 is 10.6 Å². The molecule has 0 radical (unpaired) electrons. The van der Waals surface area contributed by atoms with E-state index in [2.05, 4.69) is 22.5 Å². The highest BCUT2D eigenvalue weighted by molar-refractivity contribution is 14.0. The van der Waals surface area contributed by atoms with Gasteiger partial charge in [-0.2, -0.15) is 11.8 Å². The number of rotatable bonds is 12. The smallest absolute Gasteiger partial charge is 0.215 e. The Labute approximate surface area is 180 Å². The second kappa shape index (κ2) is 16.2. The zero-order chi connectivity index (χ0) is 18.4. The van der Waals surface area contributed by atoms with Crippen molar-refractivity contribution in [2.24, 2.45) is 4.99 Å². The number of ether oxygens (including phenoxy) is 1. The molecule has 1 saturated heterocycles. The van der Waals surface area contributed by atoms with E-state index in [1.165, 1.54) is 0 Å². The van der Waals surface area contributed by atoms with Gasteiger partial charge >= 0.3 is 0 Å². The first-order valence-corrected chi connectivity index (χ1v) is 12.0. The van der Waals surface area contributed by atoms with Gasteiger partial charge in [-0.3, -0.25) is 4.99 Å². The average Bonchev–Trinajstić information content (AvgIpc) is 2.61. The summed E-state index contributed by atoms with van der Waals surface area (Å²) < 4.78 is 31.7. The molecule has 1 fully saturated rings. The summed E-state index contributed by atoms with van der Waals surface area (Å²) in [6, 6.07) is 0. The maximum Gasteiger partial charge on any atom is 0.215 e. The summed E-state index contributed by atoms with van der Waals surface area (Å²) >= 11 is 1.81. The fourth-order valence-corrected chi connectivity index (χ4v) is 4.79. The normalized spacial score (nSPS) is 16.2. The Morgan fingerprint density at radius 2 is 1.85 bits per heavy atom. The van der Waals surface area contributed by atoms with E-state index in [0.717, 1.165) is 43.9 Å². The van der Waals surface area contributed by atoms with Gasteiger partial charge in [-0.25, -0.2) is 12.7 Å². The van der Waals surface area contributed by atoms with Crippen LogP contribution in [0.2, 0.25) is 0 Å². The molecule has 2 N–H and O–H groups in total. The van der Waals surface area contributed by atoms with E-state index in [1.54, 1.807) is 16.1 Å². The number of nitrogens with zero attached hydrogens (tertiary/aromatic N) is 2. The van der Waals surface area contributed by atoms with Crippen molar-refractivity contribution in [1.82, 2.24) is 14.9 Å². The molecule has 0 unspecified atom stereocenters. The van der Waals surface area contributed by atoms with Crippen LogP contribution in [0.1, 0.15) is 33.1 Å². The molecule has 0 atom stereocenters. The minimum absolute atomic E-state index is 0. The number of nitrogens with one attached hydrogen (secondary N) is 2. The van der Waals surface area contributed by atoms with Gasteiger partial charge in [0, 0.05) is 57.4 Å². The second-order valence-corrected chi connectivity index (χ2v) is 9.15. The van der Waals surface area contributed by atoms with Crippen molar-refractivity contribution in [2.45, 2.75) is 33.1 Å². The molecular weight excluding hydrogens is 487 g/mol. The van der Waals surface area contributed by atoms with Gasteiger partial charge in [0.15, 0.2) is 5.96 Å². The van der Waals surface area contributed by atoms with Crippen molar-refractivity contribution in [3.05, 3.63) is 0 Å². The maximum absolute atomic E-state index is 12.3. The summed E-state index contributed by atoms with van der Waals surface area (Å²) in [5.41, 5.74) is 0. The van der Waals surface area contributed by atoms with Gasteiger partial charge in [-0.1, -0.05) is 13.3 Å². The first-order chi connectivity index (χ1) is 12.1. The molecule has 0 aromatic heterocycles. The molecule has 0 aromatic rings. The Morgan fingerprint density at radius 1 is 1.15 bits per heavy atom. The first kappa shape index (κ1) is 26.2. The zero-order valence-electron chi connectivity index (χ0n) is 16.0. The minimum Gasteiger partial charge on any atom is -0.381 e. The number of hydrogen-bond acceptors (Lipinski definition) is 5. The third-order valence-electron chi connectivity index (χ3n) is 3.72. The number of guanidine groups is 1. The van der Waals surface area contributed by atoms with Crippen LogP contribution in [0.3, 0.4) is 0 Å². The lowest BCUT2D eigenvalue weighted by atomic mass is 10.4. The summed E-state index contributed by atoms with van der Waals surface area (Å²) in [4.78, 5) is 4.47. The number of unbranched alkanes of at least 4 members (excludes halogenated alkanes) is 1. The first-order valence-electron chi connectivity index (χ1n) is 9.25. The molecule has 10 heteroatoms. The predicted molar refractivity (Wildman–Crippen MR) is 122 cm³/mol. The predicted octanol–water partition coefficient (Wildman–Crippen LogP) is 1.74. The average molecular weight is 523 g/mol. The van der Waals surface area contributed by atoms with Crippen LogP contribution in [0.15, 0.2) is 4.99 Å². The molecule has 0 aromatic carbocycles. The summed E-state index contributed by atoms with van der Waals surface area (Å²) in [5, 5.41) is 6.26. The lowest BCUT2D eigenvalue weighted by Gasteiger charge is -2.25. The Balaban J connectivity index is 0.00000625. The lowest BCUT2D eigenvalue weighted by molar-refractivity contribution is 0.130. The van der Waals surface area contributed by atoms with E-state index in [0.29, 0.717) is 38.7 Å². The van der Waals surface area contributed by atoms with Crippen LogP contribution in [0.25, 0.3) is 0 Å². The van der Waals surface area contributed by atoms with Crippen LogP contribution in [0.5, 0.6) is 0 Å². The van der Waals surface area contributed by atoms with Crippen LogP contribution in [0, 0.1) is 0 Å². The van der Waals surface area contributed by atoms with Crippen molar-refractivity contribution in [3.8, 4) is 0 Å². The molecule has 0 aliphatic carbocycles. The van der Waals surface area contributed by atoms with Crippen LogP contribution >= 0.6 is 35.7 Å². The molecule has 7 nitrogen and oxygen atoms in total. The molecular formula is C16H35IN4O3S2. The van der Waals surface area contributed by atoms with Crippen molar-refractivity contribution >= 4 is 51.7 Å². The third-order valence-corrected chi connectivity index (χ3v) is 6.53. The highest BCUT2D eigenvalue weighted by atomic mass is 127. The highest BCUT2D eigenvalue weighted by Crippen LogP contribution is 2.12. The Bertz CT molecular complexity index is 472. The molecule has 1 heterocycles. The number of hydrogen-bond donors (Lipinski definition) is 2. The van der Waals surface area contributed by atoms with Crippen molar-refractivity contribution in [1.29, 1.82) is 0 Å². The van der Waals surface area contributed by atoms with Gasteiger partial charge in [0.25, 0.3) is 0 Å². The fraction of sp³-hybridized carbons (Fsp3) is 0.938. The van der Waals surface area contributed by atoms with Crippen LogP contribution in [-0.2, 0) is 14.8 Å². The van der Waals surface area contributed by atoms with E-state index >= 15 is 0 Å². The minimum atomic E-state index is -3.18. The van der Waals surface area contributed by atoms with E-state index in [9.17, 15) is 8.42 Å². The molecule has 0 amide bonds. The Morgan fingerprint density at radius 3 is 2.50 bits per heavy atom. The van der Waals surface area contributed by atoms with E-state index in [-0.39, 0.29) is 29.7 Å². The fourth-order valence-electron chi connectivity index (χ4n) is 2.30. The van der Waals surface area contributed by atoms with E-state index in [4.69, 9.17) is 4.74 Å². The summed E-state index contributed by atoms with van der Waals surface area (Å²) in [6.45, 7) is 8.69. The van der Waals surface area contributed by atoms with Crippen molar-refractivity contribution in [2.75, 3.05) is 63.2 Å². The third kappa shape index (κ3) is 11.8. The molecule has 1 aliphatic rings. The quantitative estimate of drug-likeness (QED) is 0.176. The van der Waals surface area contributed by atoms with E-state index in [1.807, 2.05) is 6.92 Å². The highest BCUT2D eigenvalue weighted by Gasteiger charge is 2.23. The summed E-state index contributed by atoms with van der Waals surface area (Å²) in [6.07, 6.45) is 3.10. The number of thioether (sulfide) groups is 1. The Kier molecular flexibility index (Phi) is 16.3. The molecule has 0 spiro atoms. The van der Waals surface area contributed by atoms with Crippen molar-refractivity contribution in [3.63, 3.8) is 0 Å². The standard InChI is InChI=1S/C16H34N4O3S2.HI/c1-3-5-11-23-12-6-7-18-16(17-4-2)19-8-15-25(21,22)20-9-13-24-14-10-20;/h3-15H2,1-2H3,(H2,17,18,19);1H. The van der Waals surface area contributed by atoms with Gasteiger partial charge in [0.2, 0.25) is 10.0 Å². The van der Waals surface area contributed by atoms with Gasteiger partial charge in [0.1, 0.15) is 0 Å². The second-order valence-electron chi connectivity index (χ2n) is 5.83. The van der Waals surface area contributed by atoms with Gasteiger partial charge in [-0.15, -0.1) is 24.0 Å². The molecule has 156 valence electrons. The lowest BCUT2D eigenvalue weighted by Crippen LogP contribution is -2.44. The molecule has 26 heavy (non-hydrogen) atoms. The Hall–Kier alpha value is 0.220. The molecule has 0 saturated carbocycles. The number of aliphatic imine (C=N–C) groups is 1. The zero-order valence-corrected chi connectivity index (χ0v) is 20.0. The van der Waals surface area contributed by atoms with Crippen molar-refractivity contribution < 1.29 is 13.2 Å². The monoisotopic (exact) mass is 522 g/mol. The SMILES string of the molecule is CCCCOCCCN=C(NCC)NCCS(=O)(=O)N1CCSCC1.I. The van der Waals surface area contributed by atoms with Crippen LogP contribution in [0.4, 0.5) is 0 Å². The molecule has 0 bridgehead atoms. The molecule has 1 aliphatic heterocycles. The van der Waals surface area contributed by atoms with E-state index < -0.39 is 10.0 Å². The topological polar surface area (TPSA) is 83.0 Å². The van der Waals surface area contributed by atoms with Gasteiger partial charge in [-0.05, 0) is 19.8 Å². The largest absolute Gasteiger partial charge is 0.381 e. The number of halogens is 1. The van der Waals surface area contributed by atoms with Gasteiger partial charge < -0.3 is 15.4 Å².